The summed E-state index contributed by atoms with van der Waals surface area (Å²) in [6, 6.07) is 0. The van der Waals surface area contributed by atoms with E-state index in [1.54, 1.807) is 0 Å². The molecule has 0 aliphatic carbocycles. The lowest BCUT2D eigenvalue weighted by atomic mass is 10.2. The lowest BCUT2D eigenvalue weighted by Crippen LogP contribution is -2.30. The minimum Gasteiger partial charge on any atom is -0.381 e. The third-order valence-electron chi connectivity index (χ3n) is 1.57. The molecule has 78 valence electrons. The molecule has 3 N–H and O–H groups in total. The maximum absolute atomic E-state index is 11.3. The predicted molar refractivity (Wildman–Crippen MR) is 52.3 cm³/mol. The summed E-state index contributed by atoms with van der Waals surface area (Å²) in [5, 5.41) is 10.0. The molecule has 0 unspecified atom stereocenters. The largest absolute Gasteiger partial charge is 0.381 e. The Hall–Kier alpha value is -1.59. The summed E-state index contributed by atoms with van der Waals surface area (Å²) < 4.78 is 1.41. The highest BCUT2D eigenvalue weighted by Crippen LogP contribution is 1.92. The first-order valence-electron chi connectivity index (χ1n) is 4.50. The fourth-order valence-electron chi connectivity index (χ4n) is 0.912. The molecular formula is C8H15N5O. The number of hydrogen-bond acceptors (Lipinski definition) is 4. The second kappa shape index (κ2) is 4.59. The zero-order chi connectivity index (χ0) is 10.6. The number of hydrogen-bond donors (Lipinski definition) is 2. The van der Waals surface area contributed by atoms with Crippen molar-refractivity contribution in [1.29, 1.82) is 0 Å². The summed E-state index contributed by atoms with van der Waals surface area (Å²) in [6.45, 7) is 4.90. The normalized spacial score (nSPS) is 10.5. The minimum atomic E-state index is -0.0800. The van der Waals surface area contributed by atoms with Crippen molar-refractivity contribution in [2.24, 2.45) is 5.92 Å². The predicted octanol–water partition coefficient (Wildman–Crippen LogP) is -0.367. The lowest BCUT2D eigenvalue weighted by Gasteiger charge is -2.06. The monoisotopic (exact) mass is 197 g/mol. The van der Waals surface area contributed by atoms with E-state index in [9.17, 15) is 4.79 Å². The van der Waals surface area contributed by atoms with E-state index in [0.29, 0.717) is 18.3 Å². The molecule has 0 atom stereocenters. The minimum absolute atomic E-state index is 0.0800. The molecule has 0 bridgehead atoms. The van der Waals surface area contributed by atoms with E-state index < -0.39 is 0 Å². The molecule has 0 fully saturated rings. The van der Waals surface area contributed by atoms with Gasteiger partial charge in [0, 0.05) is 6.54 Å². The highest BCUT2D eigenvalue weighted by Gasteiger charge is 2.04. The summed E-state index contributed by atoms with van der Waals surface area (Å²) in [5.41, 5.74) is 5.35. The summed E-state index contributed by atoms with van der Waals surface area (Å²) in [4.78, 5) is 11.3. The van der Waals surface area contributed by atoms with Gasteiger partial charge in [0.25, 0.3) is 0 Å². The van der Waals surface area contributed by atoms with Gasteiger partial charge >= 0.3 is 0 Å². The topological polar surface area (TPSA) is 85.8 Å². The quantitative estimate of drug-likeness (QED) is 0.689. The first-order chi connectivity index (χ1) is 6.58. The van der Waals surface area contributed by atoms with Gasteiger partial charge in [-0.25, -0.2) is 4.68 Å². The van der Waals surface area contributed by atoms with Crippen molar-refractivity contribution in [3.63, 3.8) is 0 Å². The van der Waals surface area contributed by atoms with Crippen LogP contribution in [0.5, 0.6) is 0 Å². The first kappa shape index (κ1) is 10.5. The molecule has 6 nitrogen and oxygen atoms in total. The Morgan fingerprint density at radius 2 is 2.43 bits per heavy atom. The van der Waals surface area contributed by atoms with Crippen LogP contribution in [0.25, 0.3) is 0 Å². The van der Waals surface area contributed by atoms with E-state index in [0.717, 1.165) is 0 Å². The van der Waals surface area contributed by atoms with E-state index in [2.05, 4.69) is 15.6 Å². The van der Waals surface area contributed by atoms with Crippen molar-refractivity contribution in [1.82, 2.24) is 20.3 Å². The molecule has 1 aromatic rings. The van der Waals surface area contributed by atoms with E-state index in [1.165, 1.54) is 10.9 Å². The number of rotatable bonds is 4. The van der Waals surface area contributed by atoms with Gasteiger partial charge in [-0.15, -0.1) is 5.10 Å². The molecule has 1 heterocycles. The van der Waals surface area contributed by atoms with E-state index >= 15 is 0 Å². The van der Waals surface area contributed by atoms with Crippen molar-refractivity contribution in [3.8, 4) is 0 Å². The van der Waals surface area contributed by atoms with Crippen LogP contribution in [-0.2, 0) is 11.3 Å². The molecule has 1 amide bonds. The number of carbonyl (C=O) groups excluding carboxylic acids is 1. The number of nitrogens with one attached hydrogen (secondary N) is 1. The SMILES string of the molecule is CC(C)CNC(=O)Cn1cc(N)nn1. The zero-order valence-corrected chi connectivity index (χ0v) is 8.40. The molecule has 1 aromatic heterocycles. The fraction of sp³-hybridized carbons (Fsp3) is 0.625. The Kier molecular flexibility index (Phi) is 3.44. The van der Waals surface area contributed by atoms with Gasteiger partial charge in [-0.1, -0.05) is 19.1 Å². The van der Waals surface area contributed by atoms with Crippen LogP contribution in [0.15, 0.2) is 6.20 Å². The number of nitrogens with two attached hydrogens (primary N) is 1. The second-order valence-corrected chi connectivity index (χ2v) is 3.54. The fourth-order valence-corrected chi connectivity index (χ4v) is 0.912. The van der Waals surface area contributed by atoms with Gasteiger partial charge in [0.1, 0.15) is 6.54 Å². The standard InChI is InChI=1S/C8H15N5O/c1-6(2)3-10-8(14)5-13-4-7(9)11-12-13/h4,6H,3,5,9H2,1-2H3,(H,10,14). The number of anilines is 1. The van der Waals surface area contributed by atoms with Crippen molar-refractivity contribution in [3.05, 3.63) is 6.20 Å². The number of aromatic nitrogens is 3. The molecule has 0 aliphatic heterocycles. The van der Waals surface area contributed by atoms with Crippen LogP contribution in [0.3, 0.4) is 0 Å². The zero-order valence-electron chi connectivity index (χ0n) is 8.40. The van der Waals surface area contributed by atoms with Crippen LogP contribution in [0, 0.1) is 5.92 Å². The van der Waals surface area contributed by atoms with Crippen molar-refractivity contribution >= 4 is 11.7 Å². The van der Waals surface area contributed by atoms with E-state index in [4.69, 9.17) is 5.73 Å². The number of nitrogens with zero attached hydrogens (tertiary/aromatic N) is 3. The van der Waals surface area contributed by atoms with Gasteiger partial charge in [-0.05, 0) is 5.92 Å². The molecule has 0 radical (unpaired) electrons. The van der Waals surface area contributed by atoms with Crippen LogP contribution in [-0.4, -0.2) is 27.4 Å². The maximum atomic E-state index is 11.3. The molecule has 1 rings (SSSR count). The molecule has 0 aromatic carbocycles. The molecule has 0 saturated carbocycles. The molecule has 14 heavy (non-hydrogen) atoms. The first-order valence-corrected chi connectivity index (χ1v) is 4.50. The van der Waals surface area contributed by atoms with Gasteiger partial charge in [0.05, 0.1) is 6.20 Å². The van der Waals surface area contributed by atoms with Crippen LogP contribution in [0.2, 0.25) is 0 Å². The van der Waals surface area contributed by atoms with Crippen LogP contribution in [0.1, 0.15) is 13.8 Å². The number of nitrogen functional groups attached to an aromatic ring is 1. The molecule has 6 heteroatoms. The van der Waals surface area contributed by atoms with Crippen LogP contribution < -0.4 is 11.1 Å². The average Bonchev–Trinajstić information content (AvgIpc) is 2.48. The molecular weight excluding hydrogens is 182 g/mol. The lowest BCUT2D eigenvalue weighted by molar-refractivity contribution is -0.122. The summed E-state index contributed by atoms with van der Waals surface area (Å²) in [7, 11) is 0. The van der Waals surface area contributed by atoms with E-state index in [-0.39, 0.29) is 12.5 Å². The summed E-state index contributed by atoms with van der Waals surface area (Å²) in [5.74, 6) is 0.685. The molecule has 0 spiro atoms. The van der Waals surface area contributed by atoms with Gasteiger partial charge in [-0.2, -0.15) is 0 Å². The second-order valence-electron chi connectivity index (χ2n) is 3.54. The maximum Gasteiger partial charge on any atom is 0.241 e. The number of amides is 1. The summed E-state index contributed by atoms with van der Waals surface area (Å²) in [6.07, 6.45) is 1.52. The van der Waals surface area contributed by atoms with Gasteiger partial charge in [-0.3, -0.25) is 4.79 Å². The molecule has 0 saturated heterocycles. The van der Waals surface area contributed by atoms with Crippen LogP contribution >= 0.6 is 0 Å². The Bertz CT molecular complexity index is 306. The highest BCUT2D eigenvalue weighted by molar-refractivity contribution is 5.75. The third kappa shape index (κ3) is 3.42. The smallest absolute Gasteiger partial charge is 0.241 e. The van der Waals surface area contributed by atoms with Gasteiger partial charge in [0.15, 0.2) is 5.82 Å². The van der Waals surface area contributed by atoms with Crippen molar-refractivity contribution in [2.75, 3.05) is 12.3 Å². The molecule has 0 aliphatic rings. The van der Waals surface area contributed by atoms with Crippen molar-refractivity contribution in [2.45, 2.75) is 20.4 Å². The Morgan fingerprint density at radius 3 is 2.93 bits per heavy atom. The number of carbonyl (C=O) groups is 1. The summed E-state index contributed by atoms with van der Waals surface area (Å²) >= 11 is 0. The Labute approximate surface area is 82.5 Å². The van der Waals surface area contributed by atoms with Gasteiger partial charge < -0.3 is 11.1 Å². The average molecular weight is 197 g/mol. The van der Waals surface area contributed by atoms with Crippen molar-refractivity contribution < 1.29 is 4.79 Å². The highest BCUT2D eigenvalue weighted by atomic mass is 16.2. The van der Waals surface area contributed by atoms with Gasteiger partial charge in [0.2, 0.25) is 5.91 Å². The van der Waals surface area contributed by atoms with E-state index in [1.807, 2.05) is 13.8 Å². The van der Waals surface area contributed by atoms with Crippen LogP contribution in [0.4, 0.5) is 5.82 Å². The third-order valence-corrected chi connectivity index (χ3v) is 1.57. The Balaban J connectivity index is 2.34. The Morgan fingerprint density at radius 1 is 1.71 bits per heavy atom.